The Labute approximate surface area is 205 Å². The number of ether oxygens (including phenoxy) is 8. The summed E-state index contributed by atoms with van der Waals surface area (Å²) in [5.41, 5.74) is 0. The summed E-state index contributed by atoms with van der Waals surface area (Å²) in [5.74, 6) is -1.27. The quantitative estimate of drug-likeness (QED) is 0.555. The highest BCUT2D eigenvalue weighted by Crippen LogP contribution is 2.50. The lowest BCUT2D eigenvalue weighted by Crippen LogP contribution is -2.52. The molecule has 3 saturated carbocycles. The van der Waals surface area contributed by atoms with Gasteiger partial charge in [-0.15, -0.1) is 0 Å². The van der Waals surface area contributed by atoms with Crippen molar-refractivity contribution in [2.75, 3.05) is 13.2 Å². The van der Waals surface area contributed by atoms with Gasteiger partial charge in [0.25, 0.3) is 0 Å². The SMILES string of the molecule is C1CCC2(C1)O[C@@H]1O[C@H]3COC4(CCCC4)O[C@H]3[C@@H]1O2.OC[C@@H]1O[C@H]2OC3(CCCC3)O[C@H]2[C@@H]1O. The zero-order valence-corrected chi connectivity index (χ0v) is 20.2. The first kappa shape index (κ1) is 23.7. The van der Waals surface area contributed by atoms with Crippen molar-refractivity contribution >= 4 is 0 Å². The van der Waals surface area contributed by atoms with Gasteiger partial charge in [-0.05, 0) is 38.5 Å². The molecular weight excluding hydrogens is 460 g/mol. The fourth-order valence-corrected chi connectivity index (χ4v) is 7.23. The van der Waals surface area contributed by atoms with Crippen molar-refractivity contribution < 1.29 is 48.1 Å². The molecule has 8 aliphatic rings. The largest absolute Gasteiger partial charge is 0.394 e. The van der Waals surface area contributed by atoms with Gasteiger partial charge in [-0.3, -0.25) is 0 Å². The van der Waals surface area contributed by atoms with Crippen LogP contribution in [0.1, 0.15) is 77.0 Å². The fraction of sp³-hybridized carbons (Fsp3) is 1.00. The average molecular weight is 499 g/mol. The Balaban J connectivity index is 0.000000126. The molecule has 10 heteroatoms. The van der Waals surface area contributed by atoms with Gasteiger partial charge in [-0.25, -0.2) is 0 Å². The molecule has 0 bridgehead atoms. The molecule has 35 heavy (non-hydrogen) atoms. The van der Waals surface area contributed by atoms with Crippen molar-refractivity contribution in [2.45, 2.75) is 144 Å². The van der Waals surface area contributed by atoms with Crippen LogP contribution in [0.15, 0.2) is 0 Å². The number of hydrogen-bond acceptors (Lipinski definition) is 10. The number of aliphatic hydroxyl groups is 2. The molecule has 0 unspecified atom stereocenters. The van der Waals surface area contributed by atoms with Gasteiger partial charge in [-0.1, -0.05) is 0 Å². The third-order valence-electron chi connectivity index (χ3n) is 9.06. The van der Waals surface area contributed by atoms with E-state index in [9.17, 15) is 5.11 Å². The first-order valence-corrected chi connectivity index (χ1v) is 13.6. The van der Waals surface area contributed by atoms with E-state index in [0.717, 1.165) is 51.4 Å². The average Bonchev–Trinajstić information content (AvgIpc) is 3.70. The summed E-state index contributed by atoms with van der Waals surface area (Å²) < 4.78 is 47.5. The molecule has 5 heterocycles. The molecule has 0 aromatic rings. The monoisotopic (exact) mass is 498 g/mol. The van der Waals surface area contributed by atoms with Gasteiger partial charge in [-0.2, -0.15) is 0 Å². The summed E-state index contributed by atoms with van der Waals surface area (Å²) in [7, 11) is 0. The van der Waals surface area contributed by atoms with Gasteiger partial charge in [0.05, 0.1) is 13.2 Å². The molecule has 3 spiro atoms. The molecule has 0 aromatic heterocycles. The second-order valence-corrected chi connectivity index (χ2v) is 11.4. The number of fused-ring (bicyclic) bond motifs is 4. The zero-order valence-electron chi connectivity index (χ0n) is 20.2. The van der Waals surface area contributed by atoms with Gasteiger partial charge < -0.3 is 48.1 Å². The number of rotatable bonds is 1. The Morgan fingerprint density at radius 2 is 1.11 bits per heavy atom. The molecule has 198 valence electrons. The molecule has 0 amide bonds. The summed E-state index contributed by atoms with van der Waals surface area (Å²) in [6.45, 7) is 0.408. The Hall–Kier alpha value is -0.400. The highest BCUT2D eigenvalue weighted by atomic mass is 16.9. The molecule has 8 fully saturated rings. The standard InChI is InChI=1S/C15H22O5.C10H16O5/c1-2-6-14(5-1)16-9-10-11(18-14)12-13(17-10)20-15(19-12)7-3-4-8-15;11-5-6-7(12)8-9(13-6)15-10(14-8)3-1-2-4-10/h10-13H,1-9H2;6-9,11-12H,1-5H2/t10-,11+,12-,13-;6-,7+,8-,9-/m00/s1. The molecule has 5 aliphatic heterocycles. The predicted octanol–water partition coefficient (Wildman–Crippen LogP) is 1.83. The predicted molar refractivity (Wildman–Crippen MR) is 117 cm³/mol. The van der Waals surface area contributed by atoms with Gasteiger partial charge in [0, 0.05) is 38.5 Å². The van der Waals surface area contributed by atoms with E-state index in [1.54, 1.807) is 0 Å². The van der Waals surface area contributed by atoms with Crippen LogP contribution in [0.4, 0.5) is 0 Å². The maximum Gasteiger partial charge on any atom is 0.190 e. The van der Waals surface area contributed by atoms with Crippen molar-refractivity contribution in [3.8, 4) is 0 Å². The molecule has 8 rings (SSSR count). The molecule has 0 radical (unpaired) electrons. The smallest absolute Gasteiger partial charge is 0.190 e. The molecule has 5 saturated heterocycles. The van der Waals surface area contributed by atoms with Crippen LogP contribution in [-0.4, -0.2) is 90.0 Å². The van der Waals surface area contributed by atoms with Crippen molar-refractivity contribution in [3.05, 3.63) is 0 Å². The van der Waals surface area contributed by atoms with Gasteiger partial charge in [0.15, 0.2) is 29.9 Å². The molecular formula is C25H38O10. The second-order valence-electron chi connectivity index (χ2n) is 11.4. The van der Waals surface area contributed by atoms with Gasteiger partial charge in [0.2, 0.25) is 0 Å². The molecule has 3 aliphatic carbocycles. The summed E-state index contributed by atoms with van der Waals surface area (Å²) in [6.07, 6.45) is 9.99. The van der Waals surface area contributed by atoms with E-state index in [2.05, 4.69) is 0 Å². The Bertz CT molecular complexity index is 774. The maximum atomic E-state index is 9.81. The van der Waals surface area contributed by atoms with E-state index < -0.39 is 30.4 Å². The normalized spacial score (nSPS) is 47.8. The second kappa shape index (κ2) is 8.83. The van der Waals surface area contributed by atoms with Crippen molar-refractivity contribution in [1.29, 1.82) is 0 Å². The highest BCUT2D eigenvalue weighted by Gasteiger charge is 2.62. The van der Waals surface area contributed by atoms with E-state index >= 15 is 0 Å². The first-order chi connectivity index (χ1) is 17.0. The van der Waals surface area contributed by atoms with E-state index in [1.165, 1.54) is 25.7 Å². The van der Waals surface area contributed by atoms with Crippen LogP contribution in [-0.2, 0) is 37.9 Å². The van der Waals surface area contributed by atoms with Crippen LogP contribution in [0, 0.1) is 0 Å². The topological polar surface area (TPSA) is 114 Å². The van der Waals surface area contributed by atoms with E-state index in [0.29, 0.717) is 6.61 Å². The Morgan fingerprint density at radius 1 is 0.600 bits per heavy atom. The molecule has 0 aromatic carbocycles. The first-order valence-electron chi connectivity index (χ1n) is 13.6. The van der Waals surface area contributed by atoms with E-state index in [4.69, 9.17) is 43.0 Å². The summed E-state index contributed by atoms with van der Waals surface area (Å²) in [4.78, 5) is 0. The van der Waals surface area contributed by atoms with Crippen LogP contribution < -0.4 is 0 Å². The summed E-state index contributed by atoms with van der Waals surface area (Å²) in [6, 6.07) is 0. The summed E-state index contributed by atoms with van der Waals surface area (Å²) in [5, 5.41) is 18.8. The minimum atomic E-state index is -0.778. The third-order valence-corrected chi connectivity index (χ3v) is 9.06. The van der Waals surface area contributed by atoms with Crippen LogP contribution in [0.25, 0.3) is 0 Å². The highest BCUT2D eigenvalue weighted by molar-refractivity contribution is 5.01. The lowest BCUT2D eigenvalue weighted by Gasteiger charge is -2.41. The number of aliphatic hydroxyl groups excluding tert-OH is 2. The van der Waals surface area contributed by atoms with Crippen molar-refractivity contribution in [1.82, 2.24) is 0 Å². The summed E-state index contributed by atoms with van der Waals surface area (Å²) >= 11 is 0. The maximum absolute atomic E-state index is 9.81. The minimum Gasteiger partial charge on any atom is -0.394 e. The van der Waals surface area contributed by atoms with Crippen LogP contribution >= 0.6 is 0 Å². The van der Waals surface area contributed by atoms with Crippen LogP contribution in [0.2, 0.25) is 0 Å². The van der Waals surface area contributed by atoms with Gasteiger partial charge >= 0.3 is 0 Å². The van der Waals surface area contributed by atoms with Crippen LogP contribution in [0.3, 0.4) is 0 Å². The van der Waals surface area contributed by atoms with Crippen molar-refractivity contribution in [2.24, 2.45) is 0 Å². The Kier molecular flexibility index (Phi) is 5.98. The Morgan fingerprint density at radius 3 is 1.69 bits per heavy atom. The lowest BCUT2D eigenvalue weighted by molar-refractivity contribution is -0.332. The van der Waals surface area contributed by atoms with E-state index in [1.807, 2.05) is 0 Å². The third kappa shape index (κ3) is 4.00. The van der Waals surface area contributed by atoms with Gasteiger partial charge in [0.1, 0.15) is 36.6 Å². The molecule has 8 atom stereocenters. The van der Waals surface area contributed by atoms with Crippen molar-refractivity contribution in [3.63, 3.8) is 0 Å². The molecule has 2 N–H and O–H groups in total. The number of hydrogen-bond donors (Lipinski definition) is 2. The zero-order chi connectivity index (χ0) is 23.7. The van der Waals surface area contributed by atoms with E-state index in [-0.39, 0.29) is 42.8 Å². The lowest BCUT2D eigenvalue weighted by atomic mass is 10.1. The molecule has 10 nitrogen and oxygen atoms in total. The fourth-order valence-electron chi connectivity index (χ4n) is 7.23. The van der Waals surface area contributed by atoms with Crippen LogP contribution in [0.5, 0.6) is 0 Å². The minimum absolute atomic E-state index is 0.0215.